The van der Waals surface area contributed by atoms with Crippen LogP contribution in [-0.2, 0) is 32.6 Å². The molecule has 2 amide bonds. The van der Waals surface area contributed by atoms with Gasteiger partial charge in [0.15, 0.2) is 0 Å². The number of benzene rings is 4. The molecule has 0 fully saturated rings. The molecule has 0 aliphatic heterocycles. The molecule has 0 spiro atoms. The van der Waals surface area contributed by atoms with Crippen LogP contribution in [0.25, 0.3) is 0 Å². The summed E-state index contributed by atoms with van der Waals surface area (Å²) in [6.45, 7) is 9.14. The molecule has 0 aromatic heterocycles. The molecule has 0 bridgehead atoms. The third kappa shape index (κ3) is 9.28. The van der Waals surface area contributed by atoms with Gasteiger partial charge in [0, 0.05) is 23.0 Å². The Bertz CT molecular complexity index is 1700. The van der Waals surface area contributed by atoms with E-state index in [1.54, 1.807) is 48.5 Å². The first kappa shape index (κ1) is 33.9. The number of amides is 2. The van der Waals surface area contributed by atoms with E-state index in [1.807, 2.05) is 89.2 Å². The van der Waals surface area contributed by atoms with Gasteiger partial charge in [0.25, 0.3) is 10.0 Å². The summed E-state index contributed by atoms with van der Waals surface area (Å²) in [5.41, 5.74) is 3.47. The van der Waals surface area contributed by atoms with Crippen molar-refractivity contribution in [2.24, 2.45) is 0 Å². The first-order chi connectivity index (χ1) is 21.2. The summed E-state index contributed by atoms with van der Waals surface area (Å²) in [6, 6.07) is 29.7. The second-order valence-electron chi connectivity index (χ2n) is 12.3. The molecule has 1 N–H and O–H groups in total. The molecule has 0 heterocycles. The zero-order valence-electron chi connectivity index (χ0n) is 26.3. The third-order valence-electron chi connectivity index (χ3n) is 7.25. The zero-order valence-corrected chi connectivity index (χ0v) is 28.7. The highest BCUT2D eigenvalue weighted by molar-refractivity contribution is 9.10. The molecule has 0 aliphatic carbocycles. The van der Waals surface area contributed by atoms with Crippen LogP contribution in [0, 0.1) is 13.8 Å². The molecule has 4 aromatic rings. The summed E-state index contributed by atoms with van der Waals surface area (Å²) in [5.74, 6) is -0.817. The fourth-order valence-electron chi connectivity index (χ4n) is 4.87. The van der Waals surface area contributed by atoms with Crippen molar-refractivity contribution in [2.75, 3.05) is 10.8 Å². The number of halogens is 1. The fraction of sp³-hybridized carbons (Fsp3) is 0.278. The molecule has 7 nitrogen and oxygen atoms in total. The number of carbonyl (C=O) groups is 2. The fourth-order valence-corrected chi connectivity index (χ4v) is 6.55. The summed E-state index contributed by atoms with van der Waals surface area (Å²) in [4.78, 5) is 30.1. The lowest BCUT2D eigenvalue weighted by Crippen LogP contribution is -2.56. The first-order valence-electron chi connectivity index (χ1n) is 14.8. The standard InChI is InChI=1S/C36H40BrN3O4S/c1-26-11-15-29(16-12-26)24-39(33(35(42)38-36(3,4)5)23-28-9-7-6-8-10-28)34(41)25-40(31-19-17-30(37)18-20-31)45(43,44)32-21-13-27(2)14-22-32/h6-22,33H,23-25H2,1-5H3,(H,38,42)/t33-/m1/s1. The molecule has 0 radical (unpaired) electrons. The zero-order chi connectivity index (χ0) is 32.8. The van der Waals surface area contributed by atoms with E-state index >= 15 is 0 Å². The number of nitrogens with zero attached hydrogens (tertiary/aromatic N) is 2. The van der Waals surface area contributed by atoms with Gasteiger partial charge in [-0.3, -0.25) is 13.9 Å². The topological polar surface area (TPSA) is 86.8 Å². The summed E-state index contributed by atoms with van der Waals surface area (Å²) in [7, 11) is -4.15. The molecule has 236 valence electrons. The number of hydrogen-bond donors (Lipinski definition) is 1. The van der Waals surface area contributed by atoms with Crippen LogP contribution >= 0.6 is 15.9 Å². The highest BCUT2D eigenvalue weighted by Crippen LogP contribution is 2.27. The van der Waals surface area contributed by atoms with Crippen LogP contribution in [0.5, 0.6) is 0 Å². The van der Waals surface area contributed by atoms with E-state index in [1.165, 1.54) is 4.90 Å². The lowest BCUT2D eigenvalue weighted by molar-refractivity contribution is -0.140. The average Bonchev–Trinajstić information content (AvgIpc) is 2.99. The van der Waals surface area contributed by atoms with Crippen LogP contribution in [0.2, 0.25) is 0 Å². The predicted molar refractivity (Wildman–Crippen MR) is 183 cm³/mol. The molecule has 0 saturated heterocycles. The van der Waals surface area contributed by atoms with Crippen molar-refractivity contribution in [1.29, 1.82) is 0 Å². The number of rotatable bonds is 11. The summed E-state index contributed by atoms with van der Waals surface area (Å²) < 4.78 is 30.2. The van der Waals surface area contributed by atoms with Gasteiger partial charge >= 0.3 is 0 Å². The Morgan fingerprint density at radius 1 is 0.778 bits per heavy atom. The Morgan fingerprint density at radius 2 is 1.33 bits per heavy atom. The Labute approximate surface area is 275 Å². The molecule has 0 aliphatic rings. The summed E-state index contributed by atoms with van der Waals surface area (Å²) in [5, 5.41) is 3.05. The molecular formula is C36H40BrN3O4S. The predicted octanol–water partition coefficient (Wildman–Crippen LogP) is 6.82. The smallest absolute Gasteiger partial charge is 0.264 e. The van der Waals surface area contributed by atoms with Crippen molar-refractivity contribution in [3.05, 3.63) is 130 Å². The van der Waals surface area contributed by atoms with Crippen LogP contribution in [0.3, 0.4) is 0 Å². The highest BCUT2D eigenvalue weighted by atomic mass is 79.9. The van der Waals surface area contributed by atoms with Crippen LogP contribution in [0.1, 0.15) is 43.0 Å². The molecular weight excluding hydrogens is 650 g/mol. The second-order valence-corrected chi connectivity index (χ2v) is 15.0. The third-order valence-corrected chi connectivity index (χ3v) is 9.56. The van der Waals surface area contributed by atoms with Crippen molar-refractivity contribution in [3.63, 3.8) is 0 Å². The average molecular weight is 691 g/mol. The van der Waals surface area contributed by atoms with Crippen LogP contribution < -0.4 is 9.62 Å². The van der Waals surface area contributed by atoms with Crippen molar-refractivity contribution in [1.82, 2.24) is 10.2 Å². The highest BCUT2D eigenvalue weighted by Gasteiger charge is 2.35. The number of sulfonamides is 1. The molecule has 4 aromatic carbocycles. The monoisotopic (exact) mass is 689 g/mol. The minimum atomic E-state index is -4.15. The van der Waals surface area contributed by atoms with E-state index in [0.29, 0.717) is 5.69 Å². The first-order valence-corrected chi connectivity index (χ1v) is 17.0. The van der Waals surface area contributed by atoms with E-state index in [-0.39, 0.29) is 23.8 Å². The van der Waals surface area contributed by atoms with Gasteiger partial charge in [-0.1, -0.05) is 93.8 Å². The maximum atomic E-state index is 14.5. The molecule has 45 heavy (non-hydrogen) atoms. The molecule has 0 unspecified atom stereocenters. The van der Waals surface area contributed by atoms with Crippen LogP contribution in [0.15, 0.2) is 112 Å². The number of hydrogen-bond acceptors (Lipinski definition) is 4. The van der Waals surface area contributed by atoms with Gasteiger partial charge in [-0.2, -0.15) is 0 Å². The lowest BCUT2D eigenvalue weighted by Gasteiger charge is -2.35. The van der Waals surface area contributed by atoms with E-state index in [0.717, 1.165) is 31.0 Å². The van der Waals surface area contributed by atoms with Crippen molar-refractivity contribution in [2.45, 2.75) is 64.1 Å². The van der Waals surface area contributed by atoms with E-state index in [4.69, 9.17) is 0 Å². The number of aryl methyl sites for hydroxylation is 2. The Hall–Kier alpha value is -3.95. The normalized spacial score (nSPS) is 12.3. The van der Waals surface area contributed by atoms with E-state index < -0.39 is 34.1 Å². The Balaban J connectivity index is 1.81. The largest absolute Gasteiger partial charge is 0.350 e. The number of nitrogens with one attached hydrogen (secondary N) is 1. The Morgan fingerprint density at radius 3 is 1.89 bits per heavy atom. The number of anilines is 1. The molecule has 0 saturated carbocycles. The maximum Gasteiger partial charge on any atom is 0.264 e. The van der Waals surface area contributed by atoms with Crippen LogP contribution in [0.4, 0.5) is 5.69 Å². The summed E-state index contributed by atoms with van der Waals surface area (Å²) >= 11 is 3.42. The molecule has 4 rings (SSSR count). The van der Waals surface area contributed by atoms with Gasteiger partial charge in [0.1, 0.15) is 12.6 Å². The lowest BCUT2D eigenvalue weighted by atomic mass is 10.0. The quantitative estimate of drug-likeness (QED) is 0.187. The van der Waals surface area contributed by atoms with Gasteiger partial charge < -0.3 is 10.2 Å². The van der Waals surface area contributed by atoms with E-state index in [9.17, 15) is 18.0 Å². The van der Waals surface area contributed by atoms with Gasteiger partial charge in [-0.15, -0.1) is 0 Å². The SMILES string of the molecule is Cc1ccc(CN(C(=O)CN(c2ccc(Br)cc2)S(=O)(=O)c2ccc(C)cc2)[C@H](Cc2ccccc2)C(=O)NC(C)(C)C)cc1. The van der Waals surface area contributed by atoms with Gasteiger partial charge in [0.2, 0.25) is 11.8 Å². The van der Waals surface area contributed by atoms with Crippen LogP contribution in [-0.4, -0.2) is 43.3 Å². The van der Waals surface area contributed by atoms with Gasteiger partial charge in [0.05, 0.1) is 10.6 Å². The minimum Gasteiger partial charge on any atom is -0.350 e. The molecule has 9 heteroatoms. The molecule has 1 atom stereocenters. The van der Waals surface area contributed by atoms with Gasteiger partial charge in [-0.25, -0.2) is 8.42 Å². The van der Waals surface area contributed by atoms with Gasteiger partial charge in [-0.05, 0) is 82.1 Å². The van der Waals surface area contributed by atoms with Crippen molar-refractivity contribution < 1.29 is 18.0 Å². The minimum absolute atomic E-state index is 0.0696. The van der Waals surface area contributed by atoms with E-state index in [2.05, 4.69) is 21.2 Å². The van der Waals surface area contributed by atoms with Crippen molar-refractivity contribution >= 4 is 43.5 Å². The Kier molecular flexibility index (Phi) is 10.9. The second kappa shape index (κ2) is 14.4. The van der Waals surface area contributed by atoms with Crippen molar-refractivity contribution in [3.8, 4) is 0 Å². The summed E-state index contributed by atoms with van der Waals surface area (Å²) in [6.07, 6.45) is 0.253. The number of carbonyl (C=O) groups excluding carboxylic acids is 2. The maximum absolute atomic E-state index is 14.5.